The Balaban J connectivity index is 1.95. The molecule has 0 unspecified atom stereocenters. The molecule has 0 amide bonds. The molecule has 1 aromatic rings. The van der Waals surface area contributed by atoms with Crippen LogP contribution in [-0.4, -0.2) is 31.5 Å². The molecule has 0 atom stereocenters. The predicted molar refractivity (Wildman–Crippen MR) is 82.3 cm³/mol. The highest BCUT2D eigenvalue weighted by Gasteiger charge is 2.18. The zero-order chi connectivity index (χ0) is 14.6. The van der Waals surface area contributed by atoms with Gasteiger partial charge in [-0.1, -0.05) is 13.8 Å². The van der Waals surface area contributed by atoms with Crippen LogP contribution in [0.1, 0.15) is 25.8 Å². The second kappa shape index (κ2) is 6.78. The molecule has 0 aliphatic carbocycles. The predicted octanol–water partition coefficient (Wildman–Crippen LogP) is 2.72. The normalized spacial score (nSPS) is 14.4. The minimum atomic E-state index is 0.0970. The number of ether oxygens (including phenoxy) is 2. The van der Waals surface area contributed by atoms with Gasteiger partial charge in [-0.15, -0.1) is 0 Å². The fourth-order valence-electron chi connectivity index (χ4n) is 2.20. The summed E-state index contributed by atoms with van der Waals surface area (Å²) >= 11 is 3.52. The number of aliphatic hydroxyl groups excluding tert-OH is 1. The molecule has 1 heterocycles. The van der Waals surface area contributed by atoms with Gasteiger partial charge in [0.25, 0.3) is 0 Å². The lowest BCUT2D eigenvalue weighted by atomic mass is 9.90. The maximum absolute atomic E-state index is 9.02. The van der Waals surface area contributed by atoms with Crippen molar-refractivity contribution in [1.29, 1.82) is 0 Å². The molecule has 0 saturated carbocycles. The van der Waals surface area contributed by atoms with Crippen LogP contribution in [0.2, 0.25) is 0 Å². The van der Waals surface area contributed by atoms with E-state index < -0.39 is 0 Å². The van der Waals surface area contributed by atoms with Gasteiger partial charge >= 0.3 is 0 Å². The molecule has 0 fully saturated rings. The van der Waals surface area contributed by atoms with E-state index in [-0.39, 0.29) is 12.0 Å². The van der Waals surface area contributed by atoms with Crippen molar-refractivity contribution in [2.45, 2.75) is 26.8 Å². The first-order chi connectivity index (χ1) is 9.52. The molecule has 0 saturated heterocycles. The van der Waals surface area contributed by atoms with Crippen LogP contribution in [0.25, 0.3) is 0 Å². The molecule has 0 bridgehead atoms. The minimum absolute atomic E-state index is 0.0970. The Labute approximate surface area is 128 Å². The molecule has 0 spiro atoms. The Kier molecular flexibility index (Phi) is 5.29. The third kappa shape index (κ3) is 4.11. The average Bonchev–Trinajstić information content (AvgIpc) is 2.38. The van der Waals surface area contributed by atoms with Gasteiger partial charge < -0.3 is 19.9 Å². The maximum Gasteiger partial charge on any atom is 0.175 e. The van der Waals surface area contributed by atoms with E-state index >= 15 is 0 Å². The minimum Gasteiger partial charge on any atom is -0.486 e. The standard InChI is InChI=1S/C15H22BrNO3/c1-15(2,3-4-18)10-17-9-11-7-12(16)14-13(8-11)19-5-6-20-14/h7-8,17-18H,3-6,9-10H2,1-2H3. The second-order valence-electron chi connectivity index (χ2n) is 5.84. The lowest BCUT2D eigenvalue weighted by Crippen LogP contribution is -2.30. The van der Waals surface area contributed by atoms with Crippen LogP contribution in [0, 0.1) is 5.41 Å². The van der Waals surface area contributed by atoms with Crippen LogP contribution in [0.3, 0.4) is 0 Å². The van der Waals surface area contributed by atoms with E-state index in [0.717, 1.165) is 41.0 Å². The summed E-state index contributed by atoms with van der Waals surface area (Å²) in [4.78, 5) is 0. The molecule has 1 aromatic carbocycles. The average molecular weight is 344 g/mol. The smallest absolute Gasteiger partial charge is 0.175 e. The fourth-order valence-corrected chi connectivity index (χ4v) is 2.81. The Morgan fingerprint density at radius 2 is 2.05 bits per heavy atom. The molecule has 2 N–H and O–H groups in total. The van der Waals surface area contributed by atoms with E-state index in [9.17, 15) is 0 Å². The molecule has 1 aliphatic heterocycles. The van der Waals surface area contributed by atoms with Gasteiger partial charge in [0, 0.05) is 19.7 Å². The van der Waals surface area contributed by atoms with Crippen LogP contribution in [0.5, 0.6) is 11.5 Å². The molecule has 0 aromatic heterocycles. The van der Waals surface area contributed by atoms with Crippen LogP contribution in [0.15, 0.2) is 16.6 Å². The number of fused-ring (bicyclic) bond motifs is 1. The van der Waals surface area contributed by atoms with Crippen molar-refractivity contribution in [2.24, 2.45) is 5.41 Å². The van der Waals surface area contributed by atoms with E-state index in [4.69, 9.17) is 14.6 Å². The number of aliphatic hydroxyl groups is 1. The van der Waals surface area contributed by atoms with Crippen molar-refractivity contribution in [3.63, 3.8) is 0 Å². The molecular formula is C15H22BrNO3. The summed E-state index contributed by atoms with van der Waals surface area (Å²) in [6.07, 6.45) is 0.796. The third-order valence-electron chi connectivity index (χ3n) is 3.38. The van der Waals surface area contributed by atoms with Gasteiger partial charge in [-0.2, -0.15) is 0 Å². The molecule has 1 aliphatic rings. The van der Waals surface area contributed by atoms with Gasteiger partial charge in [0.15, 0.2) is 11.5 Å². The fraction of sp³-hybridized carbons (Fsp3) is 0.600. The third-order valence-corrected chi connectivity index (χ3v) is 3.97. The van der Waals surface area contributed by atoms with Crippen LogP contribution < -0.4 is 14.8 Å². The van der Waals surface area contributed by atoms with Crippen molar-refractivity contribution >= 4 is 15.9 Å². The summed E-state index contributed by atoms with van der Waals surface area (Å²) in [5.74, 6) is 1.60. The van der Waals surface area contributed by atoms with Crippen LogP contribution in [-0.2, 0) is 6.54 Å². The Bertz CT molecular complexity index is 463. The SMILES string of the molecule is CC(C)(CCO)CNCc1cc(Br)c2c(c1)OCCO2. The molecular weight excluding hydrogens is 322 g/mol. The van der Waals surface area contributed by atoms with Crippen molar-refractivity contribution in [1.82, 2.24) is 5.32 Å². The molecule has 112 valence electrons. The number of nitrogens with one attached hydrogen (secondary N) is 1. The maximum atomic E-state index is 9.02. The number of hydrogen-bond acceptors (Lipinski definition) is 4. The topological polar surface area (TPSA) is 50.7 Å². The lowest BCUT2D eigenvalue weighted by Gasteiger charge is -2.24. The second-order valence-corrected chi connectivity index (χ2v) is 6.70. The highest BCUT2D eigenvalue weighted by molar-refractivity contribution is 9.10. The van der Waals surface area contributed by atoms with Crippen LogP contribution >= 0.6 is 15.9 Å². The van der Waals surface area contributed by atoms with Gasteiger partial charge in [0.1, 0.15) is 13.2 Å². The van der Waals surface area contributed by atoms with Crippen molar-refractivity contribution in [3.05, 3.63) is 22.2 Å². The van der Waals surface area contributed by atoms with E-state index in [1.165, 1.54) is 0 Å². The molecule has 5 heteroatoms. The highest BCUT2D eigenvalue weighted by atomic mass is 79.9. The summed E-state index contributed by atoms with van der Waals surface area (Å²) in [5.41, 5.74) is 1.25. The highest BCUT2D eigenvalue weighted by Crippen LogP contribution is 2.38. The van der Waals surface area contributed by atoms with E-state index in [1.807, 2.05) is 6.07 Å². The first-order valence-electron chi connectivity index (χ1n) is 6.91. The van der Waals surface area contributed by atoms with E-state index in [1.54, 1.807) is 0 Å². The van der Waals surface area contributed by atoms with E-state index in [0.29, 0.717) is 13.2 Å². The molecule has 0 radical (unpaired) electrons. The Morgan fingerprint density at radius 1 is 1.30 bits per heavy atom. The van der Waals surface area contributed by atoms with Crippen molar-refractivity contribution in [3.8, 4) is 11.5 Å². The van der Waals surface area contributed by atoms with Crippen molar-refractivity contribution in [2.75, 3.05) is 26.4 Å². The summed E-state index contributed by atoms with van der Waals surface area (Å²) in [7, 11) is 0. The van der Waals surface area contributed by atoms with Gasteiger partial charge in [0.05, 0.1) is 4.47 Å². The van der Waals surface area contributed by atoms with Crippen LogP contribution in [0.4, 0.5) is 0 Å². The van der Waals surface area contributed by atoms with Gasteiger partial charge in [-0.3, -0.25) is 0 Å². The summed E-state index contributed by atoms with van der Waals surface area (Å²) in [6.45, 7) is 7.35. The summed E-state index contributed by atoms with van der Waals surface area (Å²) < 4.78 is 12.1. The number of rotatable bonds is 6. The number of benzene rings is 1. The first-order valence-corrected chi connectivity index (χ1v) is 7.71. The lowest BCUT2D eigenvalue weighted by molar-refractivity contribution is 0.170. The molecule has 4 nitrogen and oxygen atoms in total. The molecule has 2 rings (SSSR count). The van der Waals surface area contributed by atoms with Crippen molar-refractivity contribution < 1.29 is 14.6 Å². The zero-order valence-corrected chi connectivity index (χ0v) is 13.6. The number of hydrogen-bond donors (Lipinski definition) is 2. The van der Waals surface area contributed by atoms with Gasteiger partial charge in [0.2, 0.25) is 0 Å². The number of halogens is 1. The van der Waals surface area contributed by atoms with Gasteiger partial charge in [-0.05, 0) is 45.5 Å². The first kappa shape index (κ1) is 15.6. The Morgan fingerprint density at radius 3 is 2.80 bits per heavy atom. The quantitative estimate of drug-likeness (QED) is 0.833. The summed E-state index contributed by atoms with van der Waals surface area (Å²) in [6, 6.07) is 4.07. The monoisotopic (exact) mass is 343 g/mol. The largest absolute Gasteiger partial charge is 0.486 e. The molecule has 20 heavy (non-hydrogen) atoms. The van der Waals surface area contributed by atoms with Gasteiger partial charge in [-0.25, -0.2) is 0 Å². The summed E-state index contributed by atoms with van der Waals surface area (Å²) in [5, 5.41) is 12.5. The zero-order valence-electron chi connectivity index (χ0n) is 12.0. The van der Waals surface area contributed by atoms with E-state index in [2.05, 4.69) is 41.2 Å². The Hall–Kier alpha value is -0.780.